The number of carbonyl (C=O) groups excluding carboxylic acids is 1. The number of rotatable bonds is 5. The van der Waals surface area contributed by atoms with E-state index in [9.17, 15) is 28.1 Å². The molecule has 1 rings (SSSR count). The Labute approximate surface area is 112 Å². The van der Waals surface area contributed by atoms with Crippen molar-refractivity contribution in [3.8, 4) is 0 Å². The molecule has 110 valence electrons. The SMILES string of the molecule is CNc1cccc(C(=O)NCCC(F)(F)F)c1[N+](=O)[O-]. The van der Waals surface area contributed by atoms with Gasteiger partial charge in [-0.15, -0.1) is 0 Å². The van der Waals surface area contributed by atoms with Gasteiger partial charge in [0.15, 0.2) is 0 Å². The van der Waals surface area contributed by atoms with E-state index in [1.807, 2.05) is 5.32 Å². The van der Waals surface area contributed by atoms with Crippen molar-refractivity contribution in [3.63, 3.8) is 0 Å². The number of nitro benzene ring substituents is 1. The Morgan fingerprint density at radius 2 is 2.05 bits per heavy atom. The molecule has 0 spiro atoms. The molecule has 0 saturated heterocycles. The highest BCUT2D eigenvalue weighted by atomic mass is 19.4. The van der Waals surface area contributed by atoms with Gasteiger partial charge in [-0.3, -0.25) is 14.9 Å². The van der Waals surface area contributed by atoms with E-state index in [4.69, 9.17) is 0 Å². The lowest BCUT2D eigenvalue weighted by Gasteiger charge is -2.09. The lowest BCUT2D eigenvalue weighted by molar-refractivity contribution is -0.384. The summed E-state index contributed by atoms with van der Waals surface area (Å²) in [6.45, 7) is -0.636. The highest BCUT2D eigenvalue weighted by Gasteiger charge is 2.28. The van der Waals surface area contributed by atoms with Gasteiger partial charge in [-0.2, -0.15) is 13.2 Å². The quantitative estimate of drug-likeness (QED) is 0.644. The van der Waals surface area contributed by atoms with Gasteiger partial charge in [-0.1, -0.05) is 6.07 Å². The zero-order valence-electron chi connectivity index (χ0n) is 10.5. The predicted octanol–water partition coefficient (Wildman–Crippen LogP) is 2.32. The number of halogens is 3. The molecule has 0 aliphatic rings. The molecule has 0 aromatic heterocycles. The number of anilines is 1. The van der Waals surface area contributed by atoms with Crippen LogP contribution in [0.4, 0.5) is 24.5 Å². The van der Waals surface area contributed by atoms with Crippen LogP contribution >= 0.6 is 0 Å². The highest BCUT2D eigenvalue weighted by Crippen LogP contribution is 2.28. The van der Waals surface area contributed by atoms with Crippen molar-refractivity contribution in [1.29, 1.82) is 0 Å². The number of hydrogen-bond acceptors (Lipinski definition) is 4. The Kier molecular flexibility index (Phi) is 4.89. The molecular weight excluding hydrogens is 279 g/mol. The van der Waals surface area contributed by atoms with Gasteiger partial charge in [-0.05, 0) is 12.1 Å². The van der Waals surface area contributed by atoms with E-state index in [-0.39, 0.29) is 11.3 Å². The number of para-hydroxylation sites is 1. The average Bonchev–Trinajstić information content (AvgIpc) is 2.35. The van der Waals surface area contributed by atoms with Gasteiger partial charge in [0.1, 0.15) is 11.3 Å². The summed E-state index contributed by atoms with van der Waals surface area (Å²) in [7, 11) is 1.44. The van der Waals surface area contributed by atoms with Crippen molar-refractivity contribution >= 4 is 17.3 Å². The van der Waals surface area contributed by atoms with Gasteiger partial charge in [-0.25, -0.2) is 0 Å². The molecule has 0 bridgehead atoms. The molecule has 0 unspecified atom stereocenters. The summed E-state index contributed by atoms with van der Waals surface area (Å²) < 4.78 is 35.9. The van der Waals surface area contributed by atoms with Gasteiger partial charge in [0.25, 0.3) is 5.91 Å². The second kappa shape index (κ2) is 6.22. The van der Waals surface area contributed by atoms with E-state index in [0.29, 0.717) is 0 Å². The zero-order chi connectivity index (χ0) is 15.3. The highest BCUT2D eigenvalue weighted by molar-refractivity contribution is 6.00. The van der Waals surface area contributed by atoms with E-state index >= 15 is 0 Å². The summed E-state index contributed by atoms with van der Waals surface area (Å²) >= 11 is 0. The maximum Gasteiger partial charge on any atom is 0.390 e. The molecule has 6 nitrogen and oxygen atoms in total. The van der Waals surface area contributed by atoms with E-state index in [1.165, 1.54) is 25.2 Å². The van der Waals surface area contributed by atoms with Gasteiger partial charge in [0.2, 0.25) is 0 Å². The van der Waals surface area contributed by atoms with Crippen molar-refractivity contribution in [3.05, 3.63) is 33.9 Å². The van der Waals surface area contributed by atoms with Crippen LogP contribution in [0.25, 0.3) is 0 Å². The number of nitro groups is 1. The van der Waals surface area contributed by atoms with E-state index in [2.05, 4.69) is 5.32 Å². The van der Waals surface area contributed by atoms with Crippen LogP contribution in [0.5, 0.6) is 0 Å². The summed E-state index contributed by atoms with van der Waals surface area (Å²) in [4.78, 5) is 21.9. The third-order valence-electron chi connectivity index (χ3n) is 2.43. The number of carbonyl (C=O) groups is 1. The van der Waals surface area contributed by atoms with Crippen molar-refractivity contribution in [2.75, 3.05) is 18.9 Å². The summed E-state index contributed by atoms with van der Waals surface area (Å²) in [5.41, 5.74) is -0.651. The Hall–Kier alpha value is -2.32. The minimum Gasteiger partial charge on any atom is -0.383 e. The number of nitrogens with zero attached hydrogens (tertiary/aromatic N) is 1. The number of hydrogen-bond donors (Lipinski definition) is 2. The molecule has 0 aliphatic carbocycles. The minimum atomic E-state index is -4.40. The van der Waals surface area contributed by atoms with Gasteiger partial charge in [0.05, 0.1) is 11.3 Å². The first-order chi connectivity index (χ1) is 9.26. The fourth-order valence-electron chi connectivity index (χ4n) is 1.54. The van der Waals surface area contributed by atoms with Crippen LogP contribution in [0.15, 0.2) is 18.2 Å². The lowest BCUT2D eigenvalue weighted by atomic mass is 10.1. The predicted molar refractivity (Wildman–Crippen MR) is 65.6 cm³/mol. The Morgan fingerprint density at radius 3 is 2.55 bits per heavy atom. The summed E-state index contributed by atoms with van der Waals surface area (Å²) in [5, 5.41) is 15.5. The normalized spacial score (nSPS) is 11.0. The topological polar surface area (TPSA) is 84.3 Å². The fraction of sp³-hybridized carbons (Fsp3) is 0.364. The molecule has 0 atom stereocenters. The first-order valence-corrected chi connectivity index (χ1v) is 5.56. The monoisotopic (exact) mass is 291 g/mol. The Bertz CT molecular complexity index is 517. The standard InChI is InChI=1S/C11H12F3N3O3/c1-15-8-4-2-3-7(9(8)17(19)20)10(18)16-6-5-11(12,13)14/h2-4,15H,5-6H2,1H3,(H,16,18). The van der Waals surface area contributed by atoms with Gasteiger partial charge in [0, 0.05) is 13.6 Å². The number of nitrogens with one attached hydrogen (secondary N) is 2. The van der Waals surface area contributed by atoms with Crippen molar-refractivity contribution in [1.82, 2.24) is 5.32 Å². The van der Waals surface area contributed by atoms with Crippen LogP contribution in [0, 0.1) is 10.1 Å². The molecule has 1 aromatic rings. The van der Waals surface area contributed by atoms with Crippen LogP contribution in [0.2, 0.25) is 0 Å². The van der Waals surface area contributed by atoms with Gasteiger partial charge >= 0.3 is 11.9 Å². The van der Waals surface area contributed by atoms with Crippen molar-refractivity contribution in [2.24, 2.45) is 0 Å². The largest absolute Gasteiger partial charge is 0.390 e. The number of alkyl halides is 3. The van der Waals surface area contributed by atoms with Crippen molar-refractivity contribution in [2.45, 2.75) is 12.6 Å². The van der Waals surface area contributed by atoms with E-state index < -0.39 is 35.7 Å². The summed E-state index contributed by atoms with van der Waals surface area (Å²) in [5.74, 6) is -0.918. The molecular formula is C11H12F3N3O3. The van der Waals surface area contributed by atoms with Crippen LogP contribution < -0.4 is 10.6 Å². The minimum absolute atomic E-state index is 0.110. The van der Waals surface area contributed by atoms with Gasteiger partial charge < -0.3 is 10.6 Å². The Balaban J connectivity index is 2.90. The van der Waals surface area contributed by atoms with E-state index in [0.717, 1.165) is 0 Å². The zero-order valence-corrected chi connectivity index (χ0v) is 10.5. The molecule has 2 N–H and O–H groups in total. The second-order valence-corrected chi connectivity index (χ2v) is 3.83. The lowest BCUT2D eigenvalue weighted by Crippen LogP contribution is -2.28. The van der Waals surface area contributed by atoms with Crippen LogP contribution in [0.3, 0.4) is 0 Å². The fourth-order valence-corrected chi connectivity index (χ4v) is 1.54. The van der Waals surface area contributed by atoms with Crippen LogP contribution in [0.1, 0.15) is 16.8 Å². The van der Waals surface area contributed by atoms with Crippen LogP contribution in [-0.4, -0.2) is 30.6 Å². The molecule has 20 heavy (non-hydrogen) atoms. The molecule has 0 fully saturated rings. The van der Waals surface area contributed by atoms with E-state index in [1.54, 1.807) is 0 Å². The molecule has 0 heterocycles. The molecule has 0 radical (unpaired) electrons. The van der Waals surface area contributed by atoms with Crippen molar-refractivity contribution < 1.29 is 22.9 Å². The van der Waals surface area contributed by atoms with Crippen LogP contribution in [-0.2, 0) is 0 Å². The third-order valence-corrected chi connectivity index (χ3v) is 2.43. The first kappa shape index (κ1) is 15.7. The molecule has 9 heteroatoms. The molecule has 0 saturated carbocycles. The Morgan fingerprint density at radius 1 is 1.40 bits per heavy atom. The maximum absolute atomic E-state index is 12.0. The third kappa shape index (κ3) is 4.11. The molecule has 0 aliphatic heterocycles. The number of benzene rings is 1. The smallest absolute Gasteiger partial charge is 0.383 e. The molecule has 1 aromatic carbocycles. The first-order valence-electron chi connectivity index (χ1n) is 5.56. The second-order valence-electron chi connectivity index (χ2n) is 3.83. The maximum atomic E-state index is 12.0. The molecule has 1 amide bonds. The summed E-state index contributed by atoms with van der Waals surface area (Å²) in [6.07, 6.45) is -5.59. The number of amides is 1. The average molecular weight is 291 g/mol. The summed E-state index contributed by atoms with van der Waals surface area (Å²) in [6, 6.07) is 3.98.